The Hall–Kier alpha value is -2.19. The summed E-state index contributed by atoms with van der Waals surface area (Å²) in [5.74, 6) is -0.0892. The summed E-state index contributed by atoms with van der Waals surface area (Å²) in [5, 5.41) is 2.94. The zero-order valence-electron chi connectivity index (χ0n) is 15.9. The average Bonchev–Trinajstić information content (AvgIpc) is 3.09. The molecular weight excluding hydrogens is 364 g/mol. The van der Waals surface area contributed by atoms with Crippen LogP contribution in [0.4, 0.5) is 5.69 Å². The molecule has 7 nitrogen and oxygen atoms in total. The number of nitrogens with zero attached hydrogens (tertiary/aromatic N) is 3. The van der Waals surface area contributed by atoms with Crippen LogP contribution in [0.5, 0.6) is 0 Å². The molecule has 0 radical (unpaired) electrons. The summed E-state index contributed by atoms with van der Waals surface area (Å²) in [6, 6.07) is 7.77. The van der Waals surface area contributed by atoms with Crippen molar-refractivity contribution in [2.75, 3.05) is 18.4 Å². The van der Waals surface area contributed by atoms with Gasteiger partial charge >= 0.3 is 0 Å². The van der Waals surface area contributed by atoms with Gasteiger partial charge in [-0.2, -0.15) is 4.31 Å². The van der Waals surface area contributed by atoms with Gasteiger partial charge in [-0.15, -0.1) is 0 Å². The SMILES string of the molecule is CC(C)c1ccc(NC(=O)[C@H]2CCCN(S(=O)(=O)c3cn(C)cn3)C2)cc1. The highest BCUT2D eigenvalue weighted by molar-refractivity contribution is 7.89. The van der Waals surface area contributed by atoms with E-state index in [1.807, 2.05) is 24.3 Å². The van der Waals surface area contributed by atoms with Crippen LogP contribution in [-0.4, -0.2) is 41.3 Å². The molecule has 1 atom stereocenters. The van der Waals surface area contributed by atoms with Crippen LogP contribution in [-0.2, 0) is 21.9 Å². The number of hydrogen-bond donors (Lipinski definition) is 1. The topological polar surface area (TPSA) is 84.3 Å². The lowest BCUT2D eigenvalue weighted by Gasteiger charge is -2.30. The van der Waals surface area contributed by atoms with Gasteiger partial charge in [0.2, 0.25) is 5.91 Å². The van der Waals surface area contributed by atoms with Crippen molar-refractivity contribution in [2.24, 2.45) is 13.0 Å². The molecule has 2 heterocycles. The van der Waals surface area contributed by atoms with Crippen molar-refractivity contribution in [1.82, 2.24) is 13.9 Å². The molecule has 1 aromatic heterocycles. The Morgan fingerprint density at radius 1 is 1.26 bits per heavy atom. The summed E-state index contributed by atoms with van der Waals surface area (Å²) < 4.78 is 28.5. The zero-order valence-corrected chi connectivity index (χ0v) is 16.7. The molecule has 1 fully saturated rings. The van der Waals surface area contributed by atoms with E-state index < -0.39 is 10.0 Å². The van der Waals surface area contributed by atoms with Crippen molar-refractivity contribution in [2.45, 2.75) is 37.6 Å². The van der Waals surface area contributed by atoms with Crippen LogP contribution in [0.3, 0.4) is 0 Å². The van der Waals surface area contributed by atoms with Gasteiger partial charge in [-0.25, -0.2) is 13.4 Å². The molecule has 1 aliphatic heterocycles. The molecular formula is C19H26N4O3S. The summed E-state index contributed by atoms with van der Waals surface area (Å²) in [4.78, 5) is 16.6. The molecule has 1 aliphatic rings. The van der Waals surface area contributed by atoms with Crippen molar-refractivity contribution < 1.29 is 13.2 Å². The second-order valence-corrected chi connectivity index (χ2v) is 9.23. The minimum Gasteiger partial charge on any atom is -0.339 e. The monoisotopic (exact) mass is 390 g/mol. The summed E-state index contributed by atoms with van der Waals surface area (Å²) >= 11 is 0. The highest BCUT2D eigenvalue weighted by Crippen LogP contribution is 2.24. The number of aryl methyl sites for hydroxylation is 1. The van der Waals surface area contributed by atoms with E-state index in [2.05, 4.69) is 24.1 Å². The molecule has 0 bridgehead atoms. The summed E-state index contributed by atoms with van der Waals surface area (Å²) in [6.45, 7) is 4.82. The maximum Gasteiger partial charge on any atom is 0.262 e. The third-order valence-electron chi connectivity index (χ3n) is 4.89. The van der Waals surface area contributed by atoms with Gasteiger partial charge in [-0.3, -0.25) is 4.79 Å². The predicted molar refractivity (Wildman–Crippen MR) is 104 cm³/mol. The average molecular weight is 391 g/mol. The van der Waals surface area contributed by atoms with Gasteiger partial charge in [0.15, 0.2) is 5.03 Å². The Labute approximate surface area is 160 Å². The van der Waals surface area contributed by atoms with Crippen LogP contribution >= 0.6 is 0 Å². The number of carbonyl (C=O) groups is 1. The van der Waals surface area contributed by atoms with Gasteiger partial charge in [0.05, 0.1) is 12.2 Å². The van der Waals surface area contributed by atoms with Crippen LogP contribution in [0.25, 0.3) is 0 Å². The lowest BCUT2D eigenvalue weighted by Crippen LogP contribution is -2.43. The Morgan fingerprint density at radius 2 is 1.96 bits per heavy atom. The lowest BCUT2D eigenvalue weighted by atomic mass is 9.98. The number of nitrogens with one attached hydrogen (secondary N) is 1. The smallest absolute Gasteiger partial charge is 0.262 e. The molecule has 1 amide bonds. The summed E-state index contributed by atoms with van der Waals surface area (Å²) in [6.07, 6.45) is 4.26. The third kappa shape index (κ3) is 4.39. The molecule has 27 heavy (non-hydrogen) atoms. The van der Waals surface area contributed by atoms with E-state index in [-0.39, 0.29) is 23.4 Å². The molecule has 2 aromatic rings. The zero-order chi connectivity index (χ0) is 19.6. The number of rotatable bonds is 5. The van der Waals surface area contributed by atoms with Crippen LogP contribution in [0.1, 0.15) is 38.2 Å². The Balaban J connectivity index is 1.67. The van der Waals surface area contributed by atoms with E-state index in [0.717, 1.165) is 5.69 Å². The fourth-order valence-electron chi connectivity index (χ4n) is 3.22. The van der Waals surface area contributed by atoms with Crippen molar-refractivity contribution >= 4 is 21.6 Å². The van der Waals surface area contributed by atoms with E-state index in [4.69, 9.17) is 0 Å². The van der Waals surface area contributed by atoms with E-state index in [9.17, 15) is 13.2 Å². The molecule has 1 saturated heterocycles. The van der Waals surface area contributed by atoms with E-state index in [0.29, 0.717) is 25.3 Å². The normalized spacial score (nSPS) is 18.6. The number of piperidine rings is 1. The first kappa shape index (κ1) is 19.6. The molecule has 0 aliphatic carbocycles. The van der Waals surface area contributed by atoms with Gasteiger partial charge in [0.25, 0.3) is 10.0 Å². The molecule has 0 unspecified atom stereocenters. The van der Waals surface area contributed by atoms with Gasteiger partial charge in [0.1, 0.15) is 0 Å². The number of aromatic nitrogens is 2. The Morgan fingerprint density at radius 3 is 2.56 bits per heavy atom. The largest absolute Gasteiger partial charge is 0.339 e. The fraction of sp³-hybridized carbons (Fsp3) is 0.474. The first-order chi connectivity index (χ1) is 12.8. The Bertz CT molecular complexity index is 903. The van der Waals surface area contributed by atoms with Gasteiger partial charge in [-0.1, -0.05) is 26.0 Å². The van der Waals surface area contributed by atoms with Crippen LogP contribution in [0, 0.1) is 5.92 Å². The van der Waals surface area contributed by atoms with Crippen molar-refractivity contribution in [3.05, 3.63) is 42.4 Å². The maximum absolute atomic E-state index is 12.7. The Kier molecular flexibility index (Phi) is 5.67. The van der Waals surface area contributed by atoms with Crippen LogP contribution in [0.15, 0.2) is 41.8 Å². The van der Waals surface area contributed by atoms with Gasteiger partial charge in [0, 0.05) is 32.0 Å². The number of imidazole rings is 1. The van der Waals surface area contributed by atoms with E-state index in [1.54, 1.807) is 11.6 Å². The lowest BCUT2D eigenvalue weighted by molar-refractivity contribution is -0.120. The standard InChI is InChI=1S/C19H26N4O3S/c1-14(2)15-6-8-17(9-7-15)21-19(24)16-5-4-10-23(11-16)27(25,26)18-12-22(3)13-20-18/h6-9,12-14,16H,4-5,10-11H2,1-3H3,(H,21,24)/t16-/m0/s1. The quantitative estimate of drug-likeness (QED) is 0.850. The number of carbonyl (C=O) groups excluding carboxylic acids is 1. The van der Waals surface area contributed by atoms with Crippen molar-refractivity contribution in [3.8, 4) is 0 Å². The number of hydrogen-bond acceptors (Lipinski definition) is 4. The fourth-order valence-corrected chi connectivity index (χ4v) is 4.71. The highest BCUT2D eigenvalue weighted by atomic mass is 32.2. The second kappa shape index (κ2) is 7.82. The molecule has 8 heteroatoms. The second-order valence-electron chi connectivity index (χ2n) is 7.35. The predicted octanol–water partition coefficient (Wildman–Crippen LogP) is 2.58. The highest BCUT2D eigenvalue weighted by Gasteiger charge is 2.34. The maximum atomic E-state index is 12.7. The number of benzene rings is 1. The molecule has 3 rings (SSSR count). The van der Waals surface area contributed by atoms with E-state index in [1.165, 1.54) is 22.4 Å². The third-order valence-corrected chi connectivity index (χ3v) is 6.64. The van der Waals surface area contributed by atoms with Crippen LogP contribution < -0.4 is 5.32 Å². The van der Waals surface area contributed by atoms with Gasteiger partial charge in [-0.05, 0) is 36.5 Å². The minimum absolute atomic E-state index is 0.0235. The number of sulfonamides is 1. The number of anilines is 1. The first-order valence-corrected chi connectivity index (χ1v) is 10.6. The van der Waals surface area contributed by atoms with Crippen molar-refractivity contribution in [1.29, 1.82) is 0 Å². The van der Waals surface area contributed by atoms with E-state index >= 15 is 0 Å². The number of amides is 1. The molecule has 0 saturated carbocycles. The van der Waals surface area contributed by atoms with Gasteiger partial charge < -0.3 is 9.88 Å². The van der Waals surface area contributed by atoms with Crippen molar-refractivity contribution in [3.63, 3.8) is 0 Å². The van der Waals surface area contributed by atoms with Crippen LogP contribution in [0.2, 0.25) is 0 Å². The first-order valence-electron chi connectivity index (χ1n) is 9.16. The molecule has 1 N–H and O–H groups in total. The summed E-state index contributed by atoms with van der Waals surface area (Å²) in [7, 11) is -1.95. The molecule has 146 valence electrons. The minimum atomic E-state index is -3.67. The molecule has 1 aromatic carbocycles. The summed E-state index contributed by atoms with van der Waals surface area (Å²) in [5.41, 5.74) is 1.94. The molecule has 0 spiro atoms.